The largest absolute Gasteiger partial charge is 0.415 e. The van der Waals surface area contributed by atoms with Gasteiger partial charge in [0.25, 0.3) is 11.1 Å². The summed E-state index contributed by atoms with van der Waals surface area (Å²) in [6, 6.07) is 8.72. The molecular formula is C21H24N4O3S. The lowest BCUT2D eigenvalue weighted by atomic mass is 9.49. The predicted molar refractivity (Wildman–Crippen MR) is 107 cm³/mol. The molecule has 0 unspecified atom stereocenters. The van der Waals surface area contributed by atoms with E-state index in [1.165, 1.54) is 31.0 Å². The number of hydrogen-bond donors (Lipinski definition) is 2. The van der Waals surface area contributed by atoms with E-state index >= 15 is 0 Å². The number of nitrogens with one attached hydrogen (secondary N) is 2. The molecule has 2 amide bonds. The molecule has 4 bridgehead atoms. The van der Waals surface area contributed by atoms with Crippen LogP contribution in [0.4, 0.5) is 0 Å². The lowest BCUT2D eigenvalue weighted by Crippen LogP contribution is -2.48. The molecule has 2 aromatic rings. The van der Waals surface area contributed by atoms with Crippen LogP contribution in [0.1, 0.15) is 54.8 Å². The van der Waals surface area contributed by atoms with E-state index in [1.54, 1.807) is 24.3 Å². The summed E-state index contributed by atoms with van der Waals surface area (Å²) < 4.78 is 5.99. The van der Waals surface area contributed by atoms with Gasteiger partial charge in [-0.3, -0.25) is 20.4 Å². The van der Waals surface area contributed by atoms with Crippen LogP contribution in [0.5, 0.6) is 0 Å². The van der Waals surface area contributed by atoms with Crippen LogP contribution < -0.4 is 10.9 Å². The average molecular weight is 413 g/mol. The number of hydrazine groups is 1. The Labute approximate surface area is 173 Å². The molecule has 1 aromatic heterocycles. The summed E-state index contributed by atoms with van der Waals surface area (Å²) in [7, 11) is 0. The van der Waals surface area contributed by atoms with Gasteiger partial charge in [0.15, 0.2) is 0 Å². The molecule has 7 nitrogen and oxygen atoms in total. The Morgan fingerprint density at radius 1 is 1.00 bits per heavy atom. The van der Waals surface area contributed by atoms with Gasteiger partial charge in [-0.25, -0.2) is 0 Å². The second kappa shape index (κ2) is 7.48. The van der Waals surface area contributed by atoms with Crippen LogP contribution in [0, 0.1) is 17.8 Å². The minimum atomic E-state index is -0.356. The summed E-state index contributed by atoms with van der Waals surface area (Å²) >= 11 is 1.20. The van der Waals surface area contributed by atoms with Crippen LogP contribution in [0.15, 0.2) is 40.0 Å². The van der Waals surface area contributed by atoms with Gasteiger partial charge < -0.3 is 4.42 Å². The molecular weight excluding hydrogens is 388 g/mol. The molecule has 29 heavy (non-hydrogen) atoms. The van der Waals surface area contributed by atoms with E-state index in [1.807, 2.05) is 6.07 Å². The molecule has 4 fully saturated rings. The smallest absolute Gasteiger partial charge is 0.277 e. The Balaban J connectivity index is 1.14. The van der Waals surface area contributed by atoms with Gasteiger partial charge in [-0.15, -0.1) is 10.2 Å². The number of nitrogens with zero attached hydrogens (tertiary/aromatic N) is 2. The Morgan fingerprint density at radius 2 is 1.66 bits per heavy atom. The van der Waals surface area contributed by atoms with Crippen molar-refractivity contribution in [2.24, 2.45) is 17.8 Å². The molecule has 2 N–H and O–H groups in total. The van der Waals surface area contributed by atoms with Crippen molar-refractivity contribution in [1.82, 2.24) is 21.0 Å². The van der Waals surface area contributed by atoms with Crippen molar-refractivity contribution in [3.8, 4) is 0 Å². The minimum Gasteiger partial charge on any atom is -0.415 e. The van der Waals surface area contributed by atoms with E-state index in [0.29, 0.717) is 10.8 Å². The van der Waals surface area contributed by atoms with Crippen LogP contribution in [0.2, 0.25) is 0 Å². The van der Waals surface area contributed by atoms with Crippen molar-refractivity contribution in [3.05, 3.63) is 41.8 Å². The molecule has 152 valence electrons. The summed E-state index contributed by atoms with van der Waals surface area (Å²) in [5.41, 5.74) is 5.37. The zero-order chi connectivity index (χ0) is 19.8. The summed E-state index contributed by atoms with van der Waals surface area (Å²) in [4.78, 5) is 24.0. The Morgan fingerprint density at radius 3 is 2.31 bits per heavy atom. The van der Waals surface area contributed by atoms with Gasteiger partial charge in [0, 0.05) is 11.0 Å². The van der Waals surface area contributed by atoms with Crippen molar-refractivity contribution in [2.75, 3.05) is 5.75 Å². The van der Waals surface area contributed by atoms with Crippen LogP contribution in [-0.4, -0.2) is 27.8 Å². The molecule has 8 heteroatoms. The van der Waals surface area contributed by atoms with Crippen LogP contribution in [0.25, 0.3) is 0 Å². The Bertz CT molecular complexity index is 878. The third-order valence-electron chi connectivity index (χ3n) is 6.58. The van der Waals surface area contributed by atoms with Gasteiger partial charge in [0.2, 0.25) is 11.8 Å². The fourth-order valence-electron chi connectivity index (χ4n) is 5.81. The van der Waals surface area contributed by atoms with Gasteiger partial charge in [0.1, 0.15) is 0 Å². The Hall–Kier alpha value is -2.35. The molecule has 6 rings (SSSR count). The Kier molecular flexibility index (Phi) is 4.81. The molecule has 0 radical (unpaired) electrons. The number of aromatic nitrogens is 2. The maximum absolute atomic E-state index is 12.0. The molecule has 0 saturated heterocycles. The highest BCUT2D eigenvalue weighted by Crippen LogP contribution is 2.60. The summed E-state index contributed by atoms with van der Waals surface area (Å²) in [6.45, 7) is 0. The lowest BCUT2D eigenvalue weighted by Gasteiger charge is -2.55. The monoisotopic (exact) mass is 412 g/mol. The SMILES string of the molecule is O=C(CSc1nnc(C23CC4CC(CC(C4)C2)C3)o1)NNC(=O)c1ccccc1. The number of rotatable bonds is 5. The first-order chi connectivity index (χ1) is 14.1. The molecule has 1 heterocycles. The van der Waals surface area contributed by atoms with Crippen molar-refractivity contribution in [3.63, 3.8) is 0 Å². The normalized spacial score (nSPS) is 29.6. The molecule has 4 aliphatic carbocycles. The molecule has 4 aliphatic rings. The van der Waals surface area contributed by atoms with Gasteiger partial charge >= 0.3 is 0 Å². The van der Waals surface area contributed by atoms with Crippen LogP contribution in [-0.2, 0) is 10.2 Å². The maximum Gasteiger partial charge on any atom is 0.277 e. The van der Waals surface area contributed by atoms with Crippen LogP contribution >= 0.6 is 11.8 Å². The average Bonchev–Trinajstić information content (AvgIpc) is 3.20. The highest BCUT2D eigenvalue weighted by atomic mass is 32.2. The standard InChI is InChI=1S/C21H24N4O3S/c26-17(22-23-18(27)16-4-2-1-3-5-16)12-29-20-25-24-19(28-20)21-9-13-6-14(10-21)8-15(7-13)11-21/h1-5,13-15H,6-12H2,(H,22,26)(H,23,27). The topological polar surface area (TPSA) is 97.1 Å². The van der Waals surface area contributed by atoms with E-state index in [0.717, 1.165) is 42.9 Å². The van der Waals surface area contributed by atoms with E-state index in [9.17, 15) is 9.59 Å². The number of thioether (sulfide) groups is 1. The maximum atomic E-state index is 12.0. The van der Waals surface area contributed by atoms with E-state index in [-0.39, 0.29) is 23.0 Å². The molecule has 0 atom stereocenters. The summed E-state index contributed by atoms with van der Waals surface area (Å²) in [6.07, 6.45) is 7.59. The first-order valence-electron chi connectivity index (χ1n) is 10.2. The zero-order valence-electron chi connectivity index (χ0n) is 16.1. The predicted octanol–water partition coefficient (Wildman–Crippen LogP) is 3.09. The molecule has 0 aliphatic heterocycles. The van der Waals surface area contributed by atoms with E-state index < -0.39 is 0 Å². The van der Waals surface area contributed by atoms with Crippen molar-refractivity contribution in [2.45, 2.75) is 49.2 Å². The highest BCUT2D eigenvalue weighted by molar-refractivity contribution is 7.99. The van der Waals surface area contributed by atoms with Crippen molar-refractivity contribution < 1.29 is 14.0 Å². The first-order valence-corrected chi connectivity index (χ1v) is 11.2. The third kappa shape index (κ3) is 3.77. The quantitative estimate of drug-likeness (QED) is 0.579. The van der Waals surface area contributed by atoms with Gasteiger partial charge in [-0.05, 0) is 68.4 Å². The second-order valence-corrected chi connectivity index (χ2v) is 9.65. The number of hydrogen-bond acceptors (Lipinski definition) is 6. The van der Waals surface area contributed by atoms with E-state index in [2.05, 4.69) is 21.0 Å². The number of carbonyl (C=O) groups excluding carboxylic acids is 2. The highest BCUT2D eigenvalue weighted by Gasteiger charge is 2.54. The first kappa shape index (κ1) is 18.7. The summed E-state index contributed by atoms with van der Waals surface area (Å²) in [5.74, 6) is 2.60. The van der Waals surface area contributed by atoms with Crippen molar-refractivity contribution in [1.29, 1.82) is 0 Å². The lowest BCUT2D eigenvalue weighted by molar-refractivity contribution is -0.119. The number of benzene rings is 1. The van der Waals surface area contributed by atoms with Gasteiger partial charge in [-0.2, -0.15) is 0 Å². The molecule has 4 saturated carbocycles. The molecule has 0 spiro atoms. The zero-order valence-corrected chi connectivity index (χ0v) is 16.9. The summed E-state index contributed by atoms with van der Waals surface area (Å²) in [5, 5.41) is 8.94. The number of carbonyl (C=O) groups is 2. The third-order valence-corrected chi connectivity index (χ3v) is 7.39. The van der Waals surface area contributed by atoms with Gasteiger partial charge in [0.05, 0.1) is 5.75 Å². The second-order valence-electron chi connectivity index (χ2n) is 8.73. The van der Waals surface area contributed by atoms with Crippen molar-refractivity contribution >= 4 is 23.6 Å². The van der Waals surface area contributed by atoms with Gasteiger partial charge in [-0.1, -0.05) is 30.0 Å². The fraction of sp³-hybridized carbons (Fsp3) is 0.524. The van der Waals surface area contributed by atoms with Crippen LogP contribution in [0.3, 0.4) is 0 Å². The fourth-order valence-corrected chi connectivity index (χ4v) is 6.37. The minimum absolute atomic E-state index is 0.0620. The number of amides is 2. The molecule has 1 aromatic carbocycles. The van der Waals surface area contributed by atoms with E-state index in [4.69, 9.17) is 4.42 Å².